The summed E-state index contributed by atoms with van der Waals surface area (Å²) in [6, 6.07) is 2.23. The second kappa shape index (κ2) is 8.35. The van der Waals surface area contributed by atoms with Gasteiger partial charge in [0.05, 0.1) is 0 Å². The second-order valence-corrected chi connectivity index (χ2v) is 6.94. The Morgan fingerprint density at radius 3 is 2.45 bits per heavy atom. The van der Waals surface area contributed by atoms with Crippen LogP contribution in [0, 0.1) is 0 Å². The van der Waals surface area contributed by atoms with Gasteiger partial charge in [-0.1, -0.05) is 32.6 Å². The first kappa shape index (κ1) is 16.3. The summed E-state index contributed by atoms with van der Waals surface area (Å²) in [6.07, 6.45) is 11.2. The highest BCUT2D eigenvalue weighted by atomic mass is 15.2. The molecule has 0 radical (unpaired) electrons. The molecule has 0 aromatic heterocycles. The molecular weight excluding hydrogens is 246 g/mol. The molecular formula is C17H35N3. The van der Waals surface area contributed by atoms with E-state index in [1.165, 1.54) is 64.5 Å². The summed E-state index contributed by atoms with van der Waals surface area (Å²) in [5.41, 5.74) is 0. The topological polar surface area (TPSA) is 18.5 Å². The number of nitrogens with one attached hydrogen (secondary N) is 1. The number of hydrogen-bond acceptors (Lipinski definition) is 3. The van der Waals surface area contributed by atoms with Crippen LogP contribution in [-0.2, 0) is 0 Å². The average molecular weight is 281 g/mol. The van der Waals surface area contributed by atoms with E-state index in [0.717, 1.165) is 18.6 Å². The Morgan fingerprint density at radius 1 is 1.05 bits per heavy atom. The van der Waals surface area contributed by atoms with Crippen LogP contribution in [0.15, 0.2) is 0 Å². The third-order valence-electron chi connectivity index (χ3n) is 5.43. The van der Waals surface area contributed by atoms with Gasteiger partial charge in [0, 0.05) is 24.7 Å². The van der Waals surface area contributed by atoms with Gasteiger partial charge in [-0.05, 0) is 52.9 Å². The largest absolute Gasteiger partial charge is 0.313 e. The van der Waals surface area contributed by atoms with E-state index in [0.29, 0.717) is 6.04 Å². The third-order valence-corrected chi connectivity index (χ3v) is 5.43. The number of nitrogens with zero attached hydrogens (tertiary/aromatic N) is 2. The summed E-state index contributed by atoms with van der Waals surface area (Å²) in [4.78, 5) is 5.23. The summed E-state index contributed by atoms with van der Waals surface area (Å²) >= 11 is 0. The van der Waals surface area contributed by atoms with Crippen LogP contribution in [0.5, 0.6) is 0 Å². The molecule has 20 heavy (non-hydrogen) atoms. The van der Waals surface area contributed by atoms with Crippen LogP contribution in [0.4, 0.5) is 0 Å². The molecule has 1 N–H and O–H groups in total. The molecule has 0 spiro atoms. The average Bonchev–Trinajstić information content (AvgIpc) is 2.78. The van der Waals surface area contributed by atoms with Gasteiger partial charge in [-0.25, -0.2) is 0 Å². The molecule has 118 valence electrons. The van der Waals surface area contributed by atoms with Crippen LogP contribution in [0.2, 0.25) is 0 Å². The van der Waals surface area contributed by atoms with Gasteiger partial charge in [0.1, 0.15) is 0 Å². The van der Waals surface area contributed by atoms with Crippen LogP contribution < -0.4 is 5.32 Å². The van der Waals surface area contributed by atoms with Gasteiger partial charge in [-0.15, -0.1) is 0 Å². The molecule has 1 aliphatic heterocycles. The zero-order valence-corrected chi connectivity index (χ0v) is 13.9. The molecule has 0 amide bonds. The van der Waals surface area contributed by atoms with Crippen molar-refractivity contribution in [2.75, 3.05) is 33.7 Å². The van der Waals surface area contributed by atoms with Gasteiger partial charge in [0.15, 0.2) is 0 Å². The first-order chi connectivity index (χ1) is 9.72. The van der Waals surface area contributed by atoms with Gasteiger partial charge < -0.3 is 15.1 Å². The predicted molar refractivity (Wildman–Crippen MR) is 87.2 cm³/mol. The Morgan fingerprint density at radius 2 is 1.80 bits per heavy atom. The fraction of sp³-hybridized carbons (Fsp3) is 1.00. The zero-order valence-electron chi connectivity index (χ0n) is 13.9. The molecule has 2 fully saturated rings. The zero-order chi connectivity index (χ0) is 14.4. The Bertz CT molecular complexity index is 269. The van der Waals surface area contributed by atoms with E-state index in [2.05, 4.69) is 36.1 Å². The lowest BCUT2D eigenvalue weighted by molar-refractivity contribution is 0.130. The molecule has 0 aromatic rings. The van der Waals surface area contributed by atoms with E-state index in [-0.39, 0.29) is 0 Å². The van der Waals surface area contributed by atoms with Crippen molar-refractivity contribution >= 4 is 0 Å². The van der Waals surface area contributed by atoms with Gasteiger partial charge in [0.2, 0.25) is 0 Å². The molecule has 3 atom stereocenters. The van der Waals surface area contributed by atoms with Gasteiger partial charge >= 0.3 is 0 Å². The Hall–Kier alpha value is -0.120. The summed E-state index contributed by atoms with van der Waals surface area (Å²) in [5, 5.41) is 3.76. The summed E-state index contributed by atoms with van der Waals surface area (Å²) in [5.74, 6) is 0. The van der Waals surface area contributed by atoms with Crippen molar-refractivity contribution in [3.8, 4) is 0 Å². The molecule has 3 unspecified atom stereocenters. The molecule has 1 aliphatic carbocycles. The van der Waals surface area contributed by atoms with Crippen LogP contribution in [-0.4, -0.2) is 61.7 Å². The van der Waals surface area contributed by atoms with E-state index >= 15 is 0 Å². The molecule has 0 aromatic carbocycles. The lowest BCUT2D eigenvalue weighted by Crippen LogP contribution is -2.52. The predicted octanol–water partition coefficient (Wildman–Crippen LogP) is 2.71. The van der Waals surface area contributed by atoms with Gasteiger partial charge in [-0.3, -0.25) is 0 Å². The highest BCUT2D eigenvalue weighted by molar-refractivity contribution is 4.88. The van der Waals surface area contributed by atoms with E-state index in [4.69, 9.17) is 0 Å². The minimum Gasteiger partial charge on any atom is -0.313 e. The maximum Gasteiger partial charge on any atom is 0.0246 e. The number of rotatable bonds is 5. The van der Waals surface area contributed by atoms with Crippen molar-refractivity contribution in [3.63, 3.8) is 0 Å². The van der Waals surface area contributed by atoms with E-state index in [1.807, 2.05) is 0 Å². The smallest absolute Gasteiger partial charge is 0.0246 e. The van der Waals surface area contributed by atoms with Crippen LogP contribution in [0.25, 0.3) is 0 Å². The fourth-order valence-electron chi connectivity index (χ4n) is 4.17. The summed E-state index contributed by atoms with van der Waals surface area (Å²) in [6.45, 7) is 5.90. The molecule has 1 saturated heterocycles. The van der Waals surface area contributed by atoms with E-state index in [1.54, 1.807) is 0 Å². The van der Waals surface area contributed by atoms with Crippen molar-refractivity contribution in [1.29, 1.82) is 0 Å². The number of hydrogen-bond donors (Lipinski definition) is 1. The summed E-state index contributed by atoms with van der Waals surface area (Å²) < 4.78 is 0. The van der Waals surface area contributed by atoms with Crippen LogP contribution >= 0.6 is 0 Å². The fourth-order valence-corrected chi connectivity index (χ4v) is 4.17. The molecule has 2 rings (SSSR count). The highest BCUT2D eigenvalue weighted by Crippen LogP contribution is 2.23. The second-order valence-electron chi connectivity index (χ2n) is 6.94. The minimum absolute atomic E-state index is 0.706. The van der Waals surface area contributed by atoms with Gasteiger partial charge in [0.25, 0.3) is 0 Å². The van der Waals surface area contributed by atoms with Crippen LogP contribution in [0.1, 0.15) is 58.3 Å². The Kier molecular flexibility index (Phi) is 6.79. The maximum atomic E-state index is 3.76. The lowest BCUT2D eigenvalue weighted by atomic mass is 9.91. The number of likely N-dealkylation sites (N-methyl/N-ethyl adjacent to an activating group) is 3. The first-order valence-corrected chi connectivity index (χ1v) is 8.86. The Balaban J connectivity index is 1.92. The molecule has 0 bridgehead atoms. The molecule has 2 aliphatic rings. The third kappa shape index (κ3) is 4.44. The van der Waals surface area contributed by atoms with Crippen molar-refractivity contribution in [2.24, 2.45) is 0 Å². The van der Waals surface area contributed by atoms with Crippen LogP contribution in [0.3, 0.4) is 0 Å². The van der Waals surface area contributed by atoms with E-state index in [9.17, 15) is 0 Å². The first-order valence-electron chi connectivity index (χ1n) is 8.86. The van der Waals surface area contributed by atoms with Crippen molar-refractivity contribution in [3.05, 3.63) is 0 Å². The minimum atomic E-state index is 0.706. The van der Waals surface area contributed by atoms with Crippen molar-refractivity contribution in [1.82, 2.24) is 15.1 Å². The monoisotopic (exact) mass is 281 g/mol. The van der Waals surface area contributed by atoms with E-state index < -0.39 is 0 Å². The lowest BCUT2D eigenvalue weighted by Gasteiger charge is -2.38. The van der Waals surface area contributed by atoms with Gasteiger partial charge in [-0.2, -0.15) is 0 Å². The number of likely N-dealkylation sites (tertiary alicyclic amines) is 1. The molecule has 1 saturated carbocycles. The standard InChI is InChI=1S/C17H35N3/c1-4-18-16-11-7-5-6-8-12-17(16)20(3)14-15-10-9-13-19(15)2/h15-18H,4-14H2,1-3H3. The SMILES string of the molecule is CCNC1CCCCCCC1N(C)CC1CCCN1C. The molecule has 1 heterocycles. The van der Waals surface area contributed by atoms with Crippen molar-refractivity contribution < 1.29 is 0 Å². The van der Waals surface area contributed by atoms with Crippen molar-refractivity contribution in [2.45, 2.75) is 76.4 Å². The highest BCUT2D eigenvalue weighted by Gasteiger charge is 2.29. The molecule has 3 heteroatoms. The normalized spacial score (nSPS) is 33.3. The molecule has 3 nitrogen and oxygen atoms in total. The quantitative estimate of drug-likeness (QED) is 0.836. The Labute approximate surface area is 126 Å². The summed E-state index contributed by atoms with van der Waals surface area (Å²) in [7, 11) is 4.66. The maximum absolute atomic E-state index is 3.76.